The predicted molar refractivity (Wildman–Crippen MR) is 125 cm³/mol. The molecule has 7 nitrogen and oxygen atoms in total. The number of ketones is 1. The first-order chi connectivity index (χ1) is 18.0. The summed E-state index contributed by atoms with van der Waals surface area (Å²) in [5.41, 5.74) is -3.96. The molecule has 0 spiro atoms. The Kier molecular flexibility index (Phi) is 6.65. The number of halogens is 3. The third kappa shape index (κ3) is 4.04. The molecule has 0 amide bonds. The van der Waals surface area contributed by atoms with Crippen molar-refractivity contribution in [1.82, 2.24) is 0 Å². The Morgan fingerprint density at radius 2 is 1.82 bits per heavy atom. The molecule has 1 aliphatic heterocycles. The van der Waals surface area contributed by atoms with Gasteiger partial charge >= 0.3 is 18.1 Å². The molecule has 0 bridgehead atoms. The molecule has 204 valence electrons. The second kappa shape index (κ2) is 9.55. The molecule has 38 heavy (non-hydrogen) atoms. The average molecular weight is 535 g/mol. The Morgan fingerprint density at radius 3 is 2.45 bits per heavy atom. The van der Waals surface area contributed by atoms with Gasteiger partial charge in [0.15, 0.2) is 0 Å². The number of carbonyl (C=O) groups excluding carboxylic acids is 3. The lowest BCUT2D eigenvalue weighted by Crippen LogP contribution is -2.60. The molecular formula is C28H29F3O7. The van der Waals surface area contributed by atoms with Crippen LogP contribution in [0, 0.1) is 23.2 Å². The number of furan rings is 1. The van der Waals surface area contributed by atoms with Crippen LogP contribution in [-0.4, -0.2) is 37.1 Å². The first-order valence-electron chi connectivity index (χ1n) is 12.7. The van der Waals surface area contributed by atoms with Crippen molar-refractivity contribution in [2.45, 2.75) is 63.0 Å². The maximum Gasteiger partial charge on any atom is 0.432 e. The van der Waals surface area contributed by atoms with Gasteiger partial charge in [-0.3, -0.25) is 9.59 Å². The van der Waals surface area contributed by atoms with Gasteiger partial charge < -0.3 is 18.6 Å². The highest BCUT2D eigenvalue weighted by Crippen LogP contribution is 2.60. The SMILES string of the molecule is CO[C@](C(=O)O[C@H]1CCC(=O)[C@H]2CC[C@H]3C(=O)O[C@H](c4ccoc4)C[C@@]3(C)[C@H]12)(c1ccccc1)C(F)(F)F. The minimum atomic E-state index is -5.12. The second-order valence-electron chi connectivity index (χ2n) is 10.7. The van der Waals surface area contributed by atoms with Crippen LogP contribution in [0.25, 0.3) is 0 Å². The Morgan fingerprint density at radius 1 is 1.08 bits per heavy atom. The largest absolute Gasteiger partial charge is 0.472 e. The normalized spacial score (nSPS) is 32.9. The molecule has 2 heterocycles. The van der Waals surface area contributed by atoms with E-state index >= 15 is 0 Å². The fraction of sp³-hybridized carbons (Fsp3) is 0.536. The lowest BCUT2D eigenvalue weighted by Gasteiger charge is -2.56. The van der Waals surface area contributed by atoms with Gasteiger partial charge in [0.1, 0.15) is 18.0 Å². The van der Waals surface area contributed by atoms with E-state index in [1.54, 1.807) is 6.07 Å². The molecule has 1 saturated heterocycles. The predicted octanol–water partition coefficient (Wildman–Crippen LogP) is 5.30. The number of hydrogen-bond acceptors (Lipinski definition) is 7. The first-order valence-corrected chi connectivity index (χ1v) is 12.7. The van der Waals surface area contributed by atoms with Crippen LogP contribution < -0.4 is 0 Å². The number of Topliss-reactive ketones (excluding diaryl/α,β-unsaturated/α-hetero) is 1. The van der Waals surface area contributed by atoms with Crippen molar-refractivity contribution < 1.29 is 46.2 Å². The minimum absolute atomic E-state index is 0.0299. The summed E-state index contributed by atoms with van der Waals surface area (Å²) in [4.78, 5) is 39.6. The average Bonchev–Trinajstić information content (AvgIpc) is 3.41. The number of ether oxygens (including phenoxy) is 3. The third-order valence-electron chi connectivity index (χ3n) is 8.76. The van der Waals surface area contributed by atoms with Crippen LogP contribution in [0.4, 0.5) is 13.2 Å². The van der Waals surface area contributed by atoms with Crippen molar-refractivity contribution >= 4 is 17.7 Å². The van der Waals surface area contributed by atoms with E-state index in [9.17, 15) is 27.6 Å². The number of cyclic esters (lactones) is 1. The zero-order valence-corrected chi connectivity index (χ0v) is 21.0. The highest BCUT2D eigenvalue weighted by molar-refractivity contribution is 5.85. The van der Waals surface area contributed by atoms with E-state index in [1.807, 2.05) is 6.92 Å². The number of alkyl halides is 3. The number of fused-ring (bicyclic) bond motifs is 3. The maximum absolute atomic E-state index is 14.5. The second-order valence-corrected chi connectivity index (χ2v) is 10.7. The van der Waals surface area contributed by atoms with Gasteiger partial charge in [-0.15, -0.1) is 0 Å². The Hall–Kier alpha value is -3.14. The summed E-state index contributed by atoms with van der Waals surface area (Å²) >= 11 is 0. The zero-order valence-electron chi connectivity index (χ0n) is 21.0. The van der Waals surface area contributed by atoms with E-state index in [-0.39, 0.29) is 18.6 Å². The summed E-state index contributed by atoms with van der Waals surface area (Å²) in [6.45, 7) is 1.85. The van der Waals surface area contributed by atoms with Crippen LogP contribution in [0.5, 0.6) is 0 Å². The van der Waals surface area contributed by atoms with Crippen LogP contribution in [0.2, 0.25) is 0 Å². The molecule has 2 aromatic rings. The molecule has 3 fully saturated rings. The quantitative estimate of drug-likeness (QED) is 0.481. The van der Waals surface area contributed by atoms with Crippen LogP contribution in [0.3, 0.4) is 0 Å². The van der Waals surface area contributed by atoms with E-state index in [0.29, 0.717) is 24.8 Å². The molecule has 1 aromatic heterocycles. The lowest BCUT2D eigenvalue weighted by atomic mass is 9.50. The molecule has 5 rings (SSSR count). The van der Waals surface area contributed by atoms with Gasteiger partial charge in [-0.2, -0.15) is 13.2 Å². The van der Waals surface area contributed by atoms with Crippen molar-refractivity contribution in [2.24, 2.45) is 23.2 Å². The van der Waals surface area contributed by atoms with Crippen molar-refractivity contribution in [3.05, 3.63) is 60.1 Å². The van der Waals surface area contributed by atoms with E-state index in [0.717, 1.165) is 19.2 Å². The molecule has 3 aliphatic rings. The van der Waals surface area contributed by atoms with Crippen LogP contribution in [0.1, 0.15) is 56.3 Å². The summed E-state index contributed by atoms with van der Waals surface area (Å²) < 4.78 is 65.0. The number of methoxy groups -OCH3 is 1. The molecule has 0 radical (unpaired) electrons. The monoisotopic (exact) mass is 534 g/mol. The number of benzene rings is 1. The van der Waals surface area contributed by atoms with Crippen LogP contribution >= 0.6 is 0 Å². The van der Waals surface area contributed by atoms with E-state index in [4.69, 9.17) is 18.6 Å². The Labute approximate surface area is 217 Å². The topological polar surface area (TPSA) is 92.0 Å². The van der Waals surface area contributed by atoms with Crippen molar-refractivity contribution in [3.8, 4) is 0 Å². The molecule has 0 unspecified atom stereocenters. The Bertz CT molecular complexity index is 1190. The third-order valence-corrected chi connectivity index (χ3v) is 8.76. The number of esters is 2. The summed E-state index contributed by atoms with van der Waals surface area (Å²) in [7, 11) is 0.819. The number of rotatable bonds is 5. The molecule has 7 atom stereocenters. The van der Waals surface area contributed by atoms with E-state index in [2.05, 4.69) is 0 Å². The van der Waals surface area contributed by atoms with E-state index in [1.165, 1.54) is 30.7 Å². The molecule has 2 aliphatic carbocycles. The van der Waals surface area contributed by atoms with Crippen molar-refractivity contribution in [2.75, 3.05) is 7.11 Å². The first kappa shape index (κ1) is 26.5. The summed E-state index contributed by atoms with van der Waals surface area (Å²) in [6, 6.07) is 8.31. The molecule has 0 N–H and O–H groups in total. The molecule has 10 heteroatoms. The highest BCUT2D eigenvalue weighted by atomic mass is 19.4. The van der Waals surface area contributed by atoms with Gasteiger partial charge in [0.05, 0.1) is 18.4 Å². The lowest BCUT2D eigenvalue weighted by molar-refractivity contribution is -0.281. The van der Waals surface area contributed by atoms with Crippen LogP contribution in [-0.2, 0) is 34.2 Å². The zero-order chi connectivity index (χ0) is 27.3. The fourth-order valence-corrected chi connectivity index (χ4v) is 6.95. The van der Waals surface area contributed by atoms with Gasteiger partial charge in [-0.25, -0.2) is 4.79 Å². The molecular weight excluding hydrogens is 505 g/mol. The molecule has 2 saturated carbocycles. The van der Waals surface area contributed by atoms with Gasteiger partial charge in [0, 0.05) is 36.5 Å². The maximum atomic E-state index is 14.5. The summed E-state index contributed by atoms with van der Waals surface area (Å²) in [5.74, 6) is -3.84. The van der Waals surface area contributed by atoms with Gasteiger partial charge in [0.2, 0.25) is 0 Å². The highest BCUT2D eigenvalue weighted by Gasteiger charge is 2.66. The number of hydrogen-bond donors (Lipinski definition) is 0. The van der Waals surface area contributed by atoms with Crippen molar-refractivity contribution in [3.63, 3.8) is 0 Å². The summed E-state index contributed by atoms with van der Waals surface area (Å²) in [5, 5.41) is 0. The minimum Gasteiger partial charge on any atom is -0.472 e. The number of carbonyl (C=O) groups is 3. The smallest absolute Gasteiger partial charge is 0.432 e. The van der Waals surface area contributed by atoms with Crippen molar-refractivity contribution in [1.29, 1.82) is 0 Å². The van der Waals surface area contributed by atoms with Gasteiger partial charge in [-0.1, -0.05) is 37.3 Å². The van der Waals surface area contributed by atoms with E-state index < -0.39 is 64.7 Å². The standard InChI is InChI=1S/C28H29F3O7/c1-26-14-22(16-12-13-36-15-16)37-24(33)19(26)9-8-18-20(32)10-11-21(23(18)26)38-25(34)27(35-2,28(29,30)31)17-6-4-3-5-7-17/h3-7,12-13,15,18-19,21-23H,8-11,14H2,1-2H3/t18-,19+,21+,22+,23+,26-,27+/m1/s1. The molecule has 1 aromatic carbocycles. The Balaban J connectivity index is 1.52. The summed E-state index contributed by atoms with van der Waals surface area (Å²) in [6.07, 6.45) is -2.61. The van der Waals surface area contributed by atoms with Gasteiger partial charge in [-0.05, 0) is 37.2 Å². The fourth-order valence-electron chi connectivity index (χ4n) is 6.95. The van der Waals surface area contributed by atoms with Gasteiger partial charge in [0.25, 0.3) is 5.60 Å². The van der Waals surface area contributed by atoms with Crippen LogP contribution in [0.15, 0.2) is 53.3 Å².